The van der Waals surface area contributed by atoms with Crippen LogP contribution in [0.3, 0.4) is 0 Å². The van der Waals surface area contributed by atoms with Crippen molar-refractivity contribution >= 4 is 0 Å². The van der Waals surface area contributed by atoms with Gasteiger partial charge in [0.2, 0.25) is 0 Å². The van der Waals surface area contributed by atoms with Crippen LogP contribution in [0.1, 0.15) is 51.0 Å². The third-order valence-electron chi connectivity index (χ3n) is 4.57. The minimum atomic E-state index is -0.504. The first kappa shape index (κ1) is 15.9. The Kier molecular flexibility index (Phi) is 6.14. The number of benzene rings is 1. The Morgan fingerprint density at radius 1 is 1.14 bits per heavy atom. The molecule has 0 saturated heterocycles. The van der Waals surface area contributed by atoms with Crippen LogP contribution in [0.25, 0.3) is 0 Å². The van der Waals surface area contributed by atoms with Crippen LogP contribution in [-0.4, -0.2) is 18.3 Å². The molecule has 2 rings (SSSR count). The highest BCUT2D eigenvalue weighted by atomic mass is 16.5. The van der Waals surface area contributed by atoms with Crippen molar-refractivity contribution in [1.82, 2.24) is 0 Å². The van der Waals surface area contributed by atoms with E-state index in [1.54, 1.807) is 7.11 Å². The van der Waals surface area contributed by atoms with Gasteiger partial charge in [-0.1, -0.05) is 50.9 Å². The molecule has 0 amide bonds. The van der Waals surface area contributed by atoms with E-state index in [0.717, 1.165) is 23.7 Å². The van der Waals surface area contributed by atoms with Gasteiger partial charge >= 0.3 is 0 Å². The summed E-state index contributed by atoms with van der Waals surface area (Å²) in [7, 11) is 1.65. The molecule has 1 unspecified atom stereocenters. The molecule has 0 bridgehead atoms. The quantitative estimate of drug-likeness (QED) is 0.847. The van der Waals surface area contributed by atoms with Crippen molar-refractivity contribution in [2.45, 2.75) is 51.6 Å². The largest absolute Gasteiger partial charge is 0.497 e. The lowest BCUT2D eigenvalue weighted by atomic mass is 9.79. The SMILES string of the molecule is CCC1CCC(CC(O)C#Cc2ccc(OC)cc2)CC1. The van der Waals surface area contributed by atoms with Crippen molar-refractivity contribution in [3.8, 4) is 17.6 Å². The molecule has 1 N–H and O–H groups in total. The first-order valence-corrected chi connectivity index (χ1v) is 8.05. The molecule has 0 aromatic heterocycles. The van der Waals surface area contributed by atoms with Crippen molar-refractivity contribution in [2.24, 2.45) is 11.8 Å². The first-order chi connectivity index (χ1) is 10.2. The molecule has 1 aromatic rings. The molecule has 0 heterocycles. The molecule has 2 nitrogen and oxygen atoms in total. The van der Waals surface area contributed by atoms with E-state index >= 15 is 0 Å². The summed E-state index contributed by atoms with van der Waals surface area (Å²) in [6.07, 6.45) is 6.75. The highest BCUT2D eigenvalue weighted by Gasteiger charge is 2.21. The molecular weight excluding hydrogens is 260 g/mol. The maximum Gasteiger partial charge on any atom is 0.118 e. The van der Waals surface area contributed by atoms with Gasteiger partial charge in [-0.3, -0.25) is 0 Å². The van der Waals surface area contributed by atoms with Gasteiger partial charge in [0.15, 0.2) is 0 Å². The van der Waals surface area contributed by atoms with E-state index < -0.39 is 6.10 Å². The number of rotatable bonds is 4. The minimum absolute atomic E-state index is 0.504. The Morgan fingerprint density at radius 3 is 2.33 bits per heavy atom. The topological polar surface area (TPSA) is 29.5 Å². The average Bonchev–Trinajstić information content (AvgIpc) is 2.54. The summed E-state index contributed by atoms with van der Waals surface area (Å²) >= 11 is 0. The van der Waals surface area contributed by atoms with Crippen LogP contribution in [0.4, 0.5) is 0 Å². The summed E-state index contributed by atoms with van der Waals surface area (Å²) in [5, 5.41) is 10.1. The van der Waals surface area contributed by atoms with E-state index in [2.05, 4.69) is 18.8 Å². The monoisotopic (exact) mass is 286 g/mol. The lowest BCUT2D eigenvalue weighted by molar-refractivity contribution is 0.163. The molecule has 1 aliphatic rings. The molecular formula is C19H26O2. The Labute approximate surface area is 128 Å². The van der Waals surface area contributed by atoms with E-state index in [9.17, 15) is 5.11 Å². The fraction of sp³-hybridized carbons (Fsp3) is 0.579. The van der Waals surface area contributed by atoms with E-state index in [1.807, 2.05) is 24.3 Å². The van der Waals surface area contributed by atoms with Gasteiger partial charge in [-0.05, 0) is 42.5 Å². The molecule has 114 valence electrons. The van der Waals surface area contributed by atoms with Crippen molar-refractivity contribution in [3.63, 3.8) is 0 Å². The summed E-state index contributed by atoms with van der Waals surface area (Å²) < 4.78 is 5.12. The number of hydrogen-bond donors (Lipinski definition) is 1. The fourth-order valence-electron chi connectivity index (χ4n) is 3.09. The van der Waals surface area contributed by atoms with Crippen LogP contribution in [0.5, 0.6) is 5.75 Å². The Balaban J connectivity index is 1.81. The second-order valence-electron chi connectivity index (χ2n) is 6.04. The lowest BCUT2D eigenvalue weighted by Gasteiger charge is -2.28. The van der Waals surface area contributed by atoms with Gasteiger partial charge in [-0.2, -0.15) is 0 Å². The van der Waals surface area contributed by atoms with Gasteiger partial charge in [-0.25, -0.2) is 0 Å². The van der Waals surface area contributed by atoms with Crippen molar-refractivity contribution in [3.05, 3.63) is 29.8 Å². The van der Waals surface area contributed by atoms with Crippen LogP contribution in [0.15, 0.2) is 24.3 Å². The molecule has 1 aliphatic carbocycles. The summed E-state index contributed by atoms with van der Waals surface area (Å²) in [6.45, 7) is 2.28. The highest BCUT2D eigenvalue weighted by molar-refractivity contribution is 5.38. The van der Waals surface area contributed by atoms with E-state index in [1.165, 1.54) is 32.1 Å². The smallest absolute Gasteiger partial charge is 0.118 e. The van der Waals surface area contributed by atoms with Crippen LogP contribution in [-0.2, 0) is 0 Å². The number of ether oxygens (including phenoxy) is 1. The molecule has 1 atom stereocenters. The summed E-state index contributed by atoms with van der Waals surface area (Å²) in [5.41, 5.74) is 0.921. The van der Waals surface area contributed by atoms with Crippen LogP contribution >= 0.6 is 0 Å². The second kappa shape index (κ2) is 8.10. The van der Waals surface area contributed by atoms with Gasteiger partial charge < -0.3 is 9.84 Å². The Morgan fingerprint density at radius 2 is 1.76 bits per heavy atom. The maximum atomic E-state index is 10.1. The average molecular weight is 286 g/mol. The number of methoxy groups -OCH3 is 1. The number of aliphatic hydroxyl groups is 1. The van der Waals surface area contributed by atoms with Gasteiger partial charge in [-0.15, -0.1) is 0 Å². The van der Waals surface area contributed by atoms with Gasteiger partial charge in [0.05, 0.1) is 7.11 Å². The van der Waals surface area contributed by atoms with Gasteiger partial charge in [0.25, 0.3) is 0 Å². The van der Waals surface area contributed by atoms with Crippen LogP contribution < -0.4 is 4.74 Å². The summed E-state index contributed by atoms with van der Waals surface area (Å²) in [6, 6.07) is 7.63. The molecule has 1 fully saturated rings. The fourth-order valence-corrected chi connectivity index (χ4v) is 3.09. The standard InChI is InChI=1S/C19H26O2/c1-3-15-4-6-17(7-5-15)14-18(20)11-8-16-9-12-19(21-2)13-10-16/h9-10,12-13,15,17-18,20H,3-7,14H2,1-2H3. The van der Waals surface area contributed by atoms with Gasteiger partial charge in [0.1, 0.15) is 11.9 Å². The maximum absolute atomic E-state index is 10.1. The lowest BCUT2D eigenvalue weighted by Crippen LogP contribution is -2.18. The molecule has 0 radical (unpaired) electrons. The zero-order valence-electron chi connectivity index (χ0n) is 13.1. The van der Waals surface area contributed by atoms with E-state index in [4.69, 9.17) is 4.74 Å². The number of aliphatic hydroxyl groups excluding tert-OH is 1. The van der Waals surface area contributed by atoms with E-state index in [0.29, 0.717) is 5.92 Å². The molecule has 0 aliphatic heterocycles. The third-order valence-corrected chi connectivity index (χ3v) is 4.57. The molecule has 2 heteroatoms. The predicted octanol–water partition coefficient (Wildman–Crippen LogP) is 4.01. The highest BCUT2D eigenvalue weighted by Crippen LogP contribution is 2.32. The summed E-state index contributed by atoms with van der Waals surface area (Å²) in [4.78, 5) is 0. The Bertz CT molecular complexity index is 473. The first-order valence-electron chi connectivity index (χ1n) is 8.05. The normalized spacial score (nSPS) is 23.0. The van der Waals surface area contributed by atoms with Crippen molar-refractivity contribution < 1.29 is 9.84 Å². The zero-order chi connectivity index (χ0) is 15.1. The molecule has 1 saturated carbocycles. The van der Waals surface area contributed by atoms with Gasteiger partial charge in [0, 0.05) is 5.56 Å². The predicted molar refractivity (Wildman–Crippen MR) is 86.2 cm³/mol. The van der Waals surface area contributed by atoms with Crippen LogP contribution in [0, 0.1) is 23.7 Å². The second-order valence-corrected chi connectivity index (χ2v) is 6.04. The van der Waals surface area contributed by atoms with Crippen molar-refractivity contribution in [1.29, 1.82) is 0 Å². The number of hydrogen-bond acceptors (Lipinski definition) is 2. The third kappa shape index (κ3) is 5.10. The van der Waals surface area contributed by atoms with Crippen LogP contribution in [0.2, 0.25) is 0 Å². The molecule has 21 heavy (non-hydrogen) atoms. The van der Waals surface area contributed by atoms with E-state index in [-0.39, 0.29) is 0 Å². The Hall–Kier alpha value is -1.46. The molecule has 1 aromatic carbocycles. The zero-order valence-corrected chi connectivity index (χ0v) is 13.1. The molecule has 0 spiro atoms. The summed E-state index contributed by atoms with van der Waals surface area (Å²) in [5.74, 6) is 8.40. The minimum Gasteiger partial charge on any atom is -0.497 e. The van der Waals surface area contributed by atoms with Crippen molar-refractivity contribution in [2.75, 3.05) is 7.11 Å².